The monoisotopic (exact) mass is 523 g/mol. The molecule has 0 spiro atoms. The van der Waals surface area contributed by atoms with Gasteiger partial charge in [0.1, 0.15) is 17.0 Å². The maximum Gasteiger partial charge on any atom is 0.261 e. The average molecular weight is 524 g/mol. The molecule has 0 saturated heterocycles. The van der Waals surface area contributed by atoms with Crippen LogP contribution >= 0.6 is 0 Å². The van der Waals surface area contributed by atoms with E-state index in [2.05, 4.69) is 26.1 Å². The van der Waals surface area contributed by atoms with Crippen LogP contribution in [0.3, 0.4) is 0 Å². The first-order valence-corrected chi connectivity index (χ1v) is 13.1. The predicted octanol–water partition coefficient (Wildman–Crippen LogP) is 5.40. The number of fused-ring (bicyclic) bond motifs is 2. The Morgan fingerprint density at radius 2 is 1.89 bits per heavy atom. The van der Waals surface area contributed by atoms with E-state index in [1.807, 2.05) is 42.1 Å². The second-order valence-corrected chi connectivity index (χ2v) is 10.5. The molecular formula is C26H23F2N5O3S. The van der Waals surface area contributed by atoms with Gasteiger partial charge >= 0.3 is 0 Å². The number of carbonyl (C=O) groups excluding carboxylic acids is 1. The molecule has 1 amide bonds. The van der Waals surface area contributed by atoms with E-state index in [0.717, 1.165) is 34.3 Å². The summed E-state index contributed by atoms with van der Waals surface area (Å²) in [5, 5.41) is 4.22. The molecule has 0 aliphatic carbocycles. The normalized spacial score (nSPS) is 11.8. The standard InChI is InChI=1S/C26H23F2N5O3S/c1-3-10-37(35,36)32-20-6-5-19(27)23(24(20)28)26(34)30-18-12-17-13-21(31-25(17)29-14-18)15-4-7-22-16(11-15)8-9-33(22)2/h4-9,11-14,32H,3,10H2,1-2H3,(H,29,31)(H,30,34). The largest absolute Gasteiger partial charge is 0.351 e. The molecule has 11 heteroatoms. The quantitative estimate of drug-likeness (QED) is 0.265. The highest BCUT2D eigenvalue weighted by Gasteiger charge is 2.23. The summed E-state index contributed by atoms with van der Waals surface area (Å²) < 4.78 is 57.5. The Balaban J connectivity index is 1.41. The number of H-pyrrole nitrogens is 1. The summed E-state index contributed by atoms with van der Waals surface area (Å²) in [6, 6.07) is 13.4. The first-order valence-electron chi connectivity index (χ1n) is 11.5. The van der Waals surface area contributed by atoms with Crippen molar-refractivity contribution in [1.82, 2.24) is 14.5 Å². The average Bonchev–Trinajstić information content (AvgIpc) is 3.44. The van der Waals surface area contributed by atoms with Crippen molar-refractivity contribution in [2.75, 3.05) is 15.8 Å². The van der Waals surface area contributed by atoms with E-state index < -0.39 is 38.8 Å². The van der Waals surface area contributed by atoms with E-state index in [0.29, 0.717) is 17.5 Å². The highest BCUT2D eigenvalue weighted by atomic mass is 32.2. The number of pyridine rings is 1. The van der Waals surface area contributed by atoms with Gasteiger partial charge in [-0.3, -0.25) is 9.52 Å². The van der Waals surface area contributed by atoms with Crippen molar-refractivity contribution in [3.63, 3.8) is 0 Å². The molecule has 2 aromatic carbocycles. The van der Waals surface area contributed by atoms with E-state index >= 15 is 0 Å². The summed E-state index contributed by atoms with van der Waals surface area (Å²) in [6.45, 7) is 1.65. The molecule has 0 aliphatic heterocycles. The van der Waals surface area contributed by atoms with Crippen molar-refractivity contribution >= 4 is 49.2 Å². The number of amides is 1. The number of halogens is 2. The Morgan fingerprint density at radius 3 is 2.68 bits per heavy atom. The van der Waals surface area contributed by atoms with E-state index in [9.17, 15) is 22.0 Å². The lowest BCUT2D eigenvalue weighted by molar-refractivity contribution is 0.101. The maximum atomic E-state index is 15.0. The zero-order valence-electron chi connectivity index (χ0n) is 20.0. The molecule has 37 heavy (non-hydrogen) atoms. The zero-order valence-corrected chi connectivity index (χ0v) is 20.8. The van der Waals surface area contributed by atoms with E-state index in [1.165, 1.54) is 6.20 Å². The summed E-state index contributed by atoms with van der Waals surface area (Å²) in [5.41, 5.74) is 2.27. The number of aryl methyl sites for hydroxylation is 1. The molecule has 0 aliphatic rings. The number of nitrogens with one attached hydrogen (secondary N) is 3. The minimum absolute atomic E-state index is 0.220. The van der Waals surface area contributed by atoms with Gasteiger partial charge in [-0.1, -0.05) is 13.0 Å². The van der Waals surface area contributed by atoms with Gasteiger partial charge < -0.3 is 14.9 Å². The highest BCUT2D eigenvalue weighted by molar-refractivity contribution is 7.92. The van der Waals surface area contributed by atoms with Gasteiger partial charge in [0.15, 0.2) is 5.82 Å². The third-order valence-electron chi connectivity index (χ3n) is 5.98. The number of nitrogens with zero attached hydrogens (tertiary/aromatic N) is 2. The van der Waals surface area contributed by atoms with Crippen molar-refractivity contribution < 1.29 is 22.0 Å². The van der Waals surface area contributed by atoms with Crippen LogP contribution in [0.15, 0.2) is 60.9 Å². The number of aromatic nitrogens is 3. The highest BCUT2D eigenvalue weighted by Crippen LogP contribution is 2.29. The van der Waals surface area contributed by atoms with Crippen molar-refractivity contribution in [3.05, 3.63) is 78.1 Å². The second kappa shape index (κ2) is 9.32. The van der Waals surface area contributed by atoms with E-state index in [4.69, 9.17) is 0 Å². The van der Waals surface area contributed by atoms with Crippen LogP contribution in [0, 0.1) is 11.6 Å². The van der Waals surface area contributed by atoms with Crippen LogP contribution in [0.4, 0.5) is 20.2 Å². The van der Waals surface area contributed by atoms with Gasteiger partial charge in [0.25, 0.3) is 5.91 Å². The number of carbonyl (C=O) groups is 1. The Bertz CT molecular complexity index is 1780. The third-order valence-corrected chi connectivity index (χ3v) is 7.46. The van der Waals surface area contributed by atoms with Gasteiger partial charge in [-0.25, -0.2) is 22.2 Å². The smallest absolute Gasteiger partial charge is 0.261 e. The molecule has 3 heterocycles. The fourth-order valence-corrected chi connectivity index (χ4v) is 5.34. The molecule has 5 aromatic rings. The number of aromatic amines is 1. The minimum Gasteiger partial charge on any atom is -0.351 e. The minimum atomic E-state index is -3.84. The Kier molecular flexibility index (Phi) is 6.16. The van der Waals surface area contributed by atoms with Crippen LogP contribution in [-0.4, -0.2) is 34.6 Å². The SMILES string of the molecule is CCCS(=O)(=O)Nc1ccc(F)c(C(=O)Nc2cnc3[nH]c(-c4ccc5c(ccn5C)c4)cc3c2)c1F. The van der Waals surface area contributed by atoms with Gasteiger partial charge in [0.2, 0.25) is 10.0 Å². The Morgan fingerprint density at radius 1 is 1.08 bits per heavy atom. The summed E-state index contributed by atoms with van der Waals surface area (Å²) in [4.78, 5) is 20.3. The number of rotatable bonds is 7. The van der Waals surface area contributed by atoms with Crippen LogP contribution in [-0.2, 0) is 17.1 Å². The van der Waals surface area contributed by atoms with Crippen LogP contribution < -0.4 is 10.0 Å². The van der Waals surface area contributed by atoms with Gasteiger partial charge in [0.05, 0.1) is 23.3 Å². The summed E-state index contributed by atoms with van der Waals surface area (Å²) in [5.74, 6) is -3.73. The third kappa shape index (κ3) is 4.77. The fraction of sp³-hybridized carbons (Fsp3) is 0.154. The van der Waals surface area contributed by atoms with Crippen molar-refractivity contribution in [2.24, 2.45) is 7.05 Å². The first kappa shape index (κ1) is 24.4. The molecule has 190 valence electrons. The number of hydrogen-bond acceptors (Lipinski definition) is 4. The van der Waals surface area contributed by atoms with Crippen molar-refractivity contribution in [2.45, 2.75) is 13.3 Å². The van der Waals surface area contributed by atoms with Crippen LogP contribution in [0.1, 0.15) is 23.7 Å². The number of benzene rings is 2. The lowest BCUT2D eigenvalue weighted by atomic mass is 10.1. The molecular weight excluding hydrogens is 500 g/mol. The predicted molar refractivity (Wildman–Crippen MR) is 140 cm³/mol. The fourth-order valence-electron chi connectivity index (χ4n) is 4.21. The first-order chi connectivity index (χ1) is 17.6. The summed E-state index contributed by atoms with van der Waals surface area (Å²) in [6.07, 6.45) is 3.66. The van der Waals surface area contributed by atoms with E-state index in [1.54, 1.807) is 13.0 Å². The molecule has 0 saturated carbocycles. The van der Waals surface area contributed by atoms with Crippen LogP contribution in [0.25, 0.3) is 33.2 Å². The lowest BCUT2D eigenvalue weighted by Gasteiger charge is -2.12. The number of hydrogen-bond donors (Lipinski definition) is 3. The Hall–Kier alpha value is -4.25. The molecule has 5 rings (SSSR count). The van der Waals surface area contributed by atoms with Crippen LogP contribution in [0.2, 0.25) is 0 Å². The maximum absolute atomic E-state index is 15.0. The van der Waals surface area contributed by atoms with E-state index in [-0.39, 0.29) is 11.4 Å². The summed E-state index contributed by atoms with van der Waals surface area (Å²) >= 11 is 0. The lowest BCUT2D eigenvalue weighted by Crippen LogP contribution is -2.20. The molecule has 0 unspecified atom stereocenters. The number of sulfonamides is 1. The molecule has 3 N–H and O–H groups in total. The molecule has 0 bridgehead atoms. The molecule has 0 atom stereocenters. The Labute approximate surface area is 211 Å². The zero-order chi connectivity index (χ0) is 26.3. The van der Waals surface area contributed by atoms with Crippen molar-refractivity contribution in [1.29, 1.82) is 0 Å². The summed E-state index contributed by atoms with van der Waals surface area (Å²) in [7, 11) is -1.86. The molecule has 0 radical (unpaired) electrons. The van der Waals surface area contributed by atoms with Gasteiger partial charge in [-0.15, -0.1) is 0 Å². The molecule has 0 fully saturated rings. The second-order valence-electron chi connectivity index (χ2n) is 8.70. The van der Waals surface area contributed by atoms with Gasteiger partial charge in [-0.2, -0.15) is 0 Å². The number of anilines is 2. The van der Waals surface area contributed by atoms with Crippen LogP contribution in [0.5, 0.6) is 0 Å². The molecule has 3 aromatic heterocycles. The topological polar surface area (TPSA) is 109 Å². The van der Waals surface area contributed by atoms with Gasteiger partial charge in [0, 0.05) is 35.2 Å². The molecule has 8 nitrogen and oxygen atoms in total. The van der Waals surface area contributed by atoms with Crippen molar-refractivity contribution in [3.8, 4) is 11.3 Å². The van der Waals surface area contributed by atoms with Gasteiger partial charge in [-0.05, 0) is 54.4 Å².